The summed E-state index contributed by atoms with van der Waals surface area (Å²) in [6.07, 6.45) is 8.03. The van der Waals surface area contributed by atoms with Gasteiger partial charge in [-0.1, -0.05) is 18.2 Å². The quantitative estimate of drug-likeness (QED) is 0.440. The molecule has 3 aromatic heterocycles. The van der Waals surface area contributed by atoms with Crippen LogP contribution in [0.5, 0.6) is 0 Å². The number of pyridine rings is 1. The number of aromatic nitrogens is 5. The number of anilines is 2. The number of likely N-dealkylation sites (tertiary alicyclic amines) is 1. The normalized spacial score (nSPS) is 15.8. The van der Waals surface area contributed by atoms with Gasteiger partial charge in [0.25, 0.3) is 5.91 Å². The van der Waals surface area contributed by atoms with Crippen LogP contribution in [-0.4, -0.2) is 55.9 Å². The lowest BCUT2D eigenvalue weighted by atomic mass is 9.93. The van der Waals surface area contributed by atoms with Gasteiger partial charge in [-0.25, -0.2) is 9.67 Å². The minimum absolute atomic E-state index is 0.0233. The molecule has 8 heteroatoms. The van der Waals surface area contributed by atoms with Crippen LogP contribution in [0, 0.1) is 5.92 Å². The number of amides is 1. The Labute approximate surface area is 198 Å². The molecule has 172 valence electrons. The number of nitrogens with zero attached hydrogens (tertiary/aromatic N) is 7. The van der Waals surface area contributed by atoms with E-state index in [4.69, 9.17) is 0 Å². The van der Waals surface area contributed by atoms with E-state index < -0.39 is 0 Å². The molecule has 1 fully saturated rings. The average molecular weight is 454 g/mol. The Kier molecular flexibility index (Phi) is 6.29. The predicted octanol–water partition coefficient (Wildman–Crippen LogP) is 3.92. The number of carbonyl (C=O) groups is 1. The van der Waals surface area contributed by atoms with Crippen LogP contribution < -0.4 is 4.90 Å². The summed E-state index contributed by atoms with van der Waals surface area (Å²) in [5.41, 5.74) is 2.62. The van der Waals surface area contributed by atoms with E-state index >= 15 is 0 Å². The number of rotatable bonds is 6. The summed E-state index contributed by atoms with van der Waals surface area (Å²) in [5, 5.41) is 13.1. The van der Waals surface area contributed by atoms with Crippen LogP contribution in [0.1, 0.15) is 28.9 Å². The van der Waals surface area contributed by atoms with Crippen molar-refractivity contribution in [1.29, 1.82) is 0 Å². The first kappa shape index (κ1) is 21.8. The molecule has 1 atom stereocenters. The van der Waals surface area contributed by atoms with Crippen LogP contribution in [-0.2, 0) is 6.42 Å². The highest BCUT2D eigenvalue weighted by Crippen LogP contribution is 2.24. The van der Waals surface area contributed by atoms with Crippen LogP contribution in [0.25, 0.3) is 5.82 Å². The lowest BCUT2D eigenvalue weighted by Crippen LogP contribution is -2.40. The summed E-state index contributed by atoms with van der Waals surface area (Å²) in [6.45, 7) is 1.48. The van der Waals surface area contributed by atoms with Gasteiger partial charge in [0.05, 0.1) is 11.3 Å². The highest BCUT2D eigenvalue weighted by atomic mass is 16.2. The van der Waals surface area contributed by atoms with Gasteiger partial charge in [-0.2, -0.15) is 10.2 Å². The van der Waals surface area contributed by atoms with Crippen molar-refractivity contribution in [3.63, 3.8) is 0 Å². The third-order valence-electron chi connectivity index (χ3n) is 6.23. The van der Waals surface area contributed by atoms with Gasteiger partial charge in [0.15, 0.2) is 11.6 Å². The van der Waals surface area contributed by atoms with Crippen molar-refractivity contribution < 1.29 is 4.79 Å². The largest absolute Gasteiger partial charge is 0.338 e. The van der Waals surface area contributed by atoms with E-state index in [1.807, 2.05) is 83.7 Å². The van der Waals surface area contributed by atoms with Crippen molar-refractivity contribution in [2.45, 2.75) is 19.3 Å². The van der Waals surface area contributed by atoms with Gasteiger partial charge in [0.1, 0.15) is 0 Å². The zero-order valence-corrected chi connectivity index (χ0v) is 19.2. The highest BCUT2D eigenvalue weighted by Gasteiger charge is 2.25. The molecule has 4 aromatic rings. The molecule has 1 aromatic carbocycles. The second-order valence-corrected chi connectivity index (χ2v) is 8.60. The minimum Gasteiger partial charge on any atom is -0.338 e. The monoisotopic (exact) mass is 453 g/mol. The zero-order valence-electron chi connectivity index (χ0n) is 19.2. The summed E-state index contributed by atoms with van der Waals surface area (Å²) < 4.78 is 1.68. The lowest BCUT2D eigenvalue weighted by Gasteiger charge is -2.32. The predicted molar refractivity (Wildman–Crippen MR) is 130 cm³/mol. The van der Waals surface area contributed by atoms with Crippen molar-refractivity contribution in [1.82, 2.24) is 29.9 Å². The van der Waals surface area contributed by atoms with Crippen LogP contribution in [0.15, 0.2) is 79.3 Å². The summed E-state index contributed by atoms with van der Waals surface area (Å²) >= 11 is 0. The Hall–Kier alpha value is -4.07. The Morgan fingerprint density at radius 1 is 1.06 bits per heavy atom. The molecule has 34 heavy (non-hydrogen) atoms. The van der Waals surface area contributed by atoms with Crippen molar-refractivity contribution >= 4 is 17.4 Å². The molecule has 1 saturated heterocycles. The third kappa shape index (κ3) is 4.80. The molecule has 0 aliphatic carbocycles. The molecule has 1 amide bonds. The van der Waals surface area contributed by atoms with Gasteiger partial charge < -0.3 is 9.80 Å². The average Bonchev–Trinajstić information content (AvgIpc) is 3.44. The van der Waals surface area contributed by atoms with Crippen LogP contribution in [0.4, 0.5) is 11.5 Å². The number of benzene rings is 1. The maximum Gasteiger partial charge on any atom is 0.255 e. The van der Waals surface area contributed by atoms with Crippen molar-refractivity contribution in [3.8, 4) is 5.82 Å². The van der Waals surface area contributed by atoms with E-state index in [2.05, 4.69) is 20.3 Å². The summed E-state index contributed by atoms with van der Waals surface area (Å²) in [6, 6.07) is 19.6. The maximum atomic E-state index is 13.1. The van der Waals surface area contributed by atoms with Gasteiger partial charge in [-0.3, -0.25) is 4.79 Å². The molecule has 0 bridgehead atoms. The van der Waals surface area contributed by atoms with Crippen LogP contribution >= 0.6 is 0 Å². The zero-order chi connectivity index (χ0) is 23.3. The Morgan fingerprint density at radius 3 is 2.65 bits per heavy atom. The molecule has 0 N–H and O–H groups in total. The van der Waals surface area contributed by atoms with E-state index in [0.717, 1.165) is 43.0 Å². The Morgan fingerprint density at radius 2 is 1.94 bits per heavy atom. The third-order valence-corrected chi connectivity index (χ3v) is 6.23. The van der Waals surface area contributed by atoms with Crippen molar-refractivity contribution in [2.75, 3.05) is 25.0 Å². The van der Waals surface area contributed by atoms with Gasteiger partial charge in [-0.15, -0.1) is 5.10 Å². The van der Waals surface area contributed by atoms with Gasteiger partial charge in [0.2, 0.25) is 0 Å². The van der Waals surface area contributed by atoms with E-state index in [9.17, 15) is 4.79 Å². The molecule has 1 aliphatic heterocycles. The number of hydrogen-bond donors (Lipinski definition) is 0. The standard InChI is InChI=1S/C26H27N7O/c1-31(23-8-3-2-4-9-23)25-13-11-22(29-30-25)17-20-7-5-15-32(19-20)26(34)21-10-12-24(27-18-21)33-16-6-14-28-33/h2-4,6,8-14,16,18,20H,5,7,15,17,19H2,1H3/t20-/m1/s1. The number of hydrogen-bond acceptors (Lipinski definition) is 6. The highest BCUT2D eigenvalue weighted by molar-refractivity contribution is 5.94. The van der Waals surface area contributed by atoms with Crippen molar-refractivity contribution in [2.24, 2.45) is 5.92 Å². The first-order valence-electron chi connectivity index (χ1n) is 11.5. The molecular weight excluding hydrogens is 426 g/mol. The van der Waals surface area contributed by atoms with Gasteiger partial charge in [-0.05, 0) is 67.6 Å². The lowest BCUT2D eigenvalue weighted by molar-refractivity contribution is 0.0672. The molecule has 5 rings (SSSR count). The first-order valence-corrected chi connectivity index (χ1v) is 11.5. The van der Waals surface area contributed by atoms with Crippen LogP contribution in [0.2, 0.25) is 0 Å². The fourth-order valence-corrected chi connectivity index (χ4v) is 4.37. The Bertz CT molecular complexity index is 1210. The molecule has 1 aliphatic rings. The molecule has 0 spiro atoms. The summed E-state index contributed by atoms with van der Waals surface area (Å²) in [5.74, 6) is 1.88. The molecule has 0 unspecified atom stereocenters. The van der Waals surface area contributed by atoms with E-state index in [-0.39, 0.29) is 5.91 Å². The van der Waals surface area contributed by atoms with E-state index in [0.29, 0.717) is 23.8 Å². The molecule has 0 saturated carbocycles. The van der Waals surface area contributed by atoms with E-state index in [1.54, 1.807) is 17.1 Å². The fraction of sp³-hybridized carbons (Fsp3) is 0.269. The second-order valence-electron chi connectivity index (χ2n) is 8.60. The topological polar surface area (TPSA) is 80.0 Å². The van der Waals surface area contributed by atoms with Gasteiger partial charge >= 0.3 is 0 Å². The molecule has 0 radical (unpaired) electrons. The molecule has 4 heterocycles. The molecular formula is C26H27N7O. The first-order chi connectivity index (χ1) is 16.7. The van der Waals surface area contributed by atoms with Gasteiger partial charge in [0, 0.05) is 44.4 Å². The smallest absolute Gasteiger partial charge is 0.255 e. The fourth-order valence-electron chi connectivity index (χ4n) is 4.37. The summed E-state index contributed by atoms with van der Waals surface area (Å²) in [4.78, 5) is 21.4. The minimum atomic E-state index is 0.0233. The number of piperidine rings is 1. The Balaban J connectivity index is 1.20. The van der Waals surface area contributed by atoms with Crippen LogP contribution in [0.3, 0.4) is 0 Å². The van der Waals surface area contributed by atoms with Crippen molar-refractivity contribution in [3.05, 3.63) is 90.5 Å². The van der Waals surface area contributed by atoms with E-state index in [1.165, 1.54) is 0 Å². The summed E-state index contributed by atoms with van der Waals surface area (Å²) in [7, 11) is 1.99. The second kappa shape index (κ2) is 9.82. The number of carbonyl (C=O) groups excluding carboxylic acids is 1. The number of para-hydroxylation sites is 1. The molecule has 8 nitrogen and oxygen atoms in total. The SMILES string of the molecule is CN(c1ccccc1)c1ccc(C[C@H]2CCCN(C(=O)c3ccc(-n4cccn4)nc3)C2)nn1. The maximum absolute atomic E-state index is 13.1.